The number of nitrogens with one attached hydrogen (secondary N) is 3. The standard InChI is InChI=1S/C39H50N4O6/c1-43(2)23-20-29(21-24-43)49-39(47)41-34-26-30(14-15-31(34)28-12-8-7-9-13-28)48-25-11-6-4-3-5-10-22-40-27-36(45)32-16-18-35(44)38-33(32)17-19-37(46)42-38/h7-9,12-19,26,29,36,40,45H,3-6,10-11,20-25,27H2,1-2H3,(H2-,41,42,44,46,47)/p+1/t36-/m1/s1. The second kappa shape index (κ2) is 17.3. The van der Waals surface area contributed by atoms with Crippen LogP contribution in [0.5, 0.6) is 11.5 Å². The molecule has 1 fully saturated rings. The molecule has 0 unspecified atom stereocenters. The smallest absolute Gasteiger partial charge is 0.411 e. The molecule has 10 nitrogen and oxygen atoms in total. The average Bonchev–Trinajstić information content (AvgIpc) is 3.09. The molecule has 1 amide bonds. The highest BCUT2D eigenvalue weighted by molar-refractivity contribution is 5.92. The number of phenols is 1. The van der Waals surface area contributed by atoms with Crippen molar-refractivity contribution in [2.24, 2.45) is 0 Å². The Balaban J connectivity index is 0.993. The Morgan fingerprint density at radius 1 is 0.939 bits per heavy atom. The number of fused-ring (bicyclic) bond motifs is 1. The number of piperidine rings is 1. The molecule has 1 saturated heterocycles. The van der Waals surface area contributed by atoms with Gasteiger partial charge in [-0.1, -0.05) is 62.1 Å². The van der Waals surface area contributed by atoms with Gasteiger partial charge in [0, 0.05) is 42.5 Å². The van der Waals surface area contributed by atoms with Gasteiger partial charge in [-0.2, -0.15) is 0 Å². The van der Waals surface area contributed by atoms with Crippen molar-refractivity contribution in [2.45, 2.75) is 63.6 Å². The third kappa shape index (κ3) is 10.6. The fourth-order valence-electron chi connectivity index (χ4n) is 6.39. The number of pyridine rings is 1. The molecule has 4 aromatic rings. The van der Waals surface area contributed by atoms with Crippen LogP contribution in [0.4, 0.5) is 10.5 Å². The summed E-state index contributed by atoms with van der Waals surface area (Å²) in [5.74, 6) is 0.702. The quantitative estimate of drug-likeness (QED) is 0.0659. The number of rotatable bonds is 16. The van der Waals surface area contributed by atoms with Crippen molar-refractivity contribution >= 4 is 22.7 Å². The summed E-state index contributed by atoms with van der Waals surface area (Å²) in [6.07, 6.45) is 6.84. The third-order valence-electron chi connectivity index (χ3n) is 9.32. The molecule has 0 bridgehead atoms. The number of carbonyl (C=O) groups is 1. The summed E-state index contributed by atoms with van der Waals surface area (Å²) in [5.41, 5.74) is 3.31. The second-order valence-electron chi connectivity index (χ2n) is 13.7. The van der Waals surface area contributed by atoms with Gasteiger partial charge in [0.2, 0.25) is 5.56 Å². The summed E-state index contributed by atoms with van der Waals surface area (Å²) in [6.45, 7) is 3.77. The van der Waals surface area contributed by atoms with Crippen molar-refractivity contribution in [3.8, 4) is 22.6 Å². The van der Waals surface area contributed by atoms with Crippen LogP contribution in [0, 0.1) is 0 Å². The van der Waals surface area contributed by atoms with Gasteiger partial charge in [0.05, 0.1) is 51.1 Å². The lowest BCUT2D eigenvalue weighted by molar-refractivity contribution is -0.896. The maximum atomic E-state index is 12.9. The largest absolute Gasteiger partial charge is 0.506 e. The van der Waals surface area contributed by atoms with Crippen LogP contribution in [0.2, 0.25) is 0 Å². The molecular formula is C39H51N4O6+. The molecule has 0 radical (unpaired) electrons. The number of carbonyl (C=O) groups excluding carboxylic acids is 1. The number of likely N-dealkylation sites (tertiary alicyclic amines) is 1. The summed E-state index contributed by atoms with van der Waals surface area (Å²) in [6, 6.07) is 22.0. The number of hydrogen-bond donors (Lipinski definition) is 5. The molecule has 1 aliphatic heterocycles. The van der Waals surface area contributed by atoms with Crippen molar-refractivity contribution in [3.05, 3.63) is 88.7 Å². The first kappa shape index (κ1) is 35.9. The Bertz CT molecular complexity index is 1710. The Hall–Kier alpha value is -4.38. The van der Waals surface area contributed by atoms with Crippen LogP contribution in [-0.2, 0) is 4.74 Å². The number of amides is 1. The van der Waals surface area contributed by atoms with E-state index in [2.05, 4.69) is 29.7 Å². The molecule has 10 heteroatoms. The fraction of sp³-hybridized carbons (Fsp3) is 0.436. The Labute approximate surface area is 288 Å². The number of aliphatic hydroxyl groups is 1. The summed E-state index contributed by atoms with van der Waals surface area (Å²) in [5, 5.41) is 27.7. The van der Waals surface area contributed by atoms with Crippen LogP contribution in [0.3, 0.4) is 0 Å². The topological polar surface area (TPSA) is 133 Å². The number of quaternary nitrogens is 1. The van der Waals surface area contributed by atoms with E-state index in [9.17, 15) is 19.8 Å². The van der Waals surface area contributed by atoms with E-state index in [-0.39, 0.29) is 17.4 Å². The molecular weight excluding hydrogens is 620 g/mol. The summed E-state index contributed by atoms with van der Waals surface area (Å²) >= 11 is 0. The van der Waals surface area contributed by atoms with Crippen LogP contribution >= 0.6 is 0 Å². The molecule has 0 aliphatic carbocycles. The van der Waals surface area contributed by atoms with Crippen LogP contribution in [-0.4, -0.2) is 78.8 Å². The SMILES string of the molecule is C[N+]1(C)CCC(OC(=O)Nc2cc(OCCCCCCCCNC[C@@H](O)c3ccc(O)c4[nH]c(=O)ccc34)ccc2-c2ccccc2)CC1. The monoisotopic (exact) mass is 671 g/mol. The van der Waals surface area contributed by atoms with Gasteiger partial charge < -0.3 is 34.5 Å². The fourth-order valence-corrected chi connectivity index (χ4v) is 6.39. The van der Waals surface area contributed by atoms with Gasteiger partial charge in [-0.15, -0.1) is 0 Å². The van der Waals surface area contributed by atoms with E-state index in [4.69, 9.17) is 9.47 Å². The van der Waals surface area contributed by atoms with Crippen molar-refractivity contribution in [1.29, 1.82) is 0 Å². The van der Waals surface area contributed by atoms with Crippen LogP contribution in [0.25, 0.3) is 22.0 Å². The lowest BCUT2D eigenvalue weighted by atomic mass is 10.0. The number of aromatic nitrogens is 1. The normalized spacial score (nSPS) is 15.2. The minimum absolute atomic E-state index is 0.0143. The average molecular weight is 672 g/mol. The molecule has 1 aliphatic rings. The summed E-state index contributed by atoms with van der Waals surface area (Å²) < 4.78 is 12.8. The number of aromatic amines is 1. The minimum atomic E-state index is -0.752. The highest BCUT2D eigenvalue weighted by Gasteiger charge is 2.28. The molecule has 5 rings (SSSR count). The van der Waals surface area contributed by atoms with Crippen LogP contribution in [0.15, 0.2) is 77.6 Å². The molecule has 0 spiro atoms. The van der Waals surface area contributed by atoms with Crippen molar-refractivity contribution in [1.82, 2.24) is 10.3 Å². The Morgan fingerprint density at radius 2 is 1.67 bits per heavy atom. The molecule has 262 valence electrons. The number of H-pyrrole nitrogens is 1. The summed E-state index contributed by atoms with van der Waals surface area (Å²) in [7, 11) is 4.42. The third-order valence-corrected chi connectivity index (χ3v) is 9.32. The number of benzene rings is 3. The van der Waals surface area contributed by atoms with Gasteiger partial charge in [-0.05, 0) is 54.8 Å². The second-order valence-corrected chi connectivity index (χ2v) is 13.7. The Morgan fingerprint density at radius 3 is 2.45 bits per heavy atom. The highest BCUT2D eigenvalue weighted by atomic mass is 16.6. The number of aromatic hydroxyl groups is 1. The van der Waals surface area contributed by atoms with E-state index >= 15 is 0 Å². The number of ether oxygens (including phenoxy) is 2. The highest BCUT2D eigenvalue weighted by Crippen LogP contribution is 2.32. The van der Waals surface area contributed by atoms with Gasteiger partial charge in [0.15, 0.2) is 0 Å². The van der Waals surface area contributed by atoms with E-state index in [0.29, 0.717) is 41.1 Å². The van der Waals surface area contributed by atoms with E-state index in [1.807, 2.05) is 48.5 Å². The van der Waals surface area contributed by atoms with E-state index in [1.54, 1.807) is 12.1 Å². The Kier molecular flexibility index (Phi) is 12.7. The van der Waals surface area contributed by atoms with Gasteiger partial charge in [-0.25, -0.2) is 4.79 Å². The first-order chi connectivity index (χ1) is 23.7. The lowest BCUT2D eigenvalue weighted by Crippen LogP contribution is -2.48. The molecule has 3 aromatic carbocycles. The number of hydrogen-bond acceptors (Lipinski definition) is 7. The first-order valence-corrected chi connectivity index (χ1v) is 17.5. The van der Waals surface area contributed by atoms with Gasteiger partial charge in [0.25, 0.3) is 0 Å². The minimum Gasteiger partial charge on any atom is -0.506 e. The maximum Gasteiger partial charge on any atom is 0.411 e. The van der Waals surface area contributed by atoms with Crippen LogP contribution < -0.4 is 20.9 Å². The van der Waals surface area contributed by atoms with E-state index < -0.39 is 12.2 Å². The first-order valence-electron chi connectivity index (χ1n) is 17.5. The predicted octanol–water partition coefficient (Wildman–Crippen LogP) is 6.73. The molecule has 5 N–H and O–H groups in total. The van der Waals surface area contributed by atoms with Crippen molar-refractivity contribution in [2.75, 3.05) is 52.2 Å². The van der Waals surface area contributed by atoms with Crippen molar-refractivity contribution < 1.29 is 29.0 Å². The van der Waals surface area contributed by atoms with Gasteiger partial charge in [-0.3, -0.25) is 10.1 Å². The zero-order chi connectivity index (χ0) is 34.6. The van der Waals surface area contributed by atoms with E-state index in [1.165, 1.54) is 12.1 Å². The molecule has 1 atom stereocenters. The number of aliphatic hydroxyl groups excluding tert-OH is 1. The predicted molar refractivity (Wildman–Crippen MR) is 194 cm³/mol. The number of phenolic OH excluding ortho intramolecular Hbond substituents is 1. The molecule has 49 heavy (non-hydrogen) atoms. The van der Waals surface area contributed by atoms with E-state index in [0.717, 1.165) is 86.6 Å². The maximum absolute atomic E-state index is 12.9. The number of unbranched alkanes of at least 4 members (excludes halogenated alkanes) is 5. The number of anilines is 1. The van der Waals surface area contributed by atoms with Crippen LogP contribution in [0.1, 0.15) is 63.0 Å². The number of nitrogens with zero attached hydrogens (tertiary/aromatic N) is 1. The lowest BCUT2D eigenvalue weighted by Gasteiger charge is -2.36. The van der Waals surface area contributed by atoms with Crippen molar-refractivity contribution in [3.63, 3.8) is 0 Å². The zero-order valence-electron chi connectivity index (χ0n) is 28.7. The van der Waals surface area contributed by atoms with Gasteiger partial charge >= 0.3 is 6.09 Å². The zero-order valence-corrected chi connectivity index (χ0v) is 28.7. The molecule has 2 heterocycles. The van der Waals surface area contributed by atoms with Gasteiger partial charge in [0.1, 0.15) is 17.6 Å². The molecule has 1 aromatic heterocycles. The summed E-state index contributed by atoms with van der Waals surface area (Å²) in [4.78, 5) is 27.2. The molecule has 0 saturated carbocycles.